The van der Waals surface area contributed by atoms with Gasteiger partial charge in [0.15, 0.2) is 11.3 Å². The van der Waals surface area contributed by atoms with Crippen LogP contribution in [-0.2, 0) is 6.18 Å². The van der Waals surface area contributed by atoms with E-state index in [-0.39, 0.29) is 0 Å². The van der Waals surface area contributed by atoms with Gasteiger partial charge in [0.1, 0.15) is 5.76 Å². The highest BCUT2D eigenvalue weighted by Crippen LogP contribution is 2.33. The van der Waals surface area contributed by atoms with E-state index in [1.807, 2.05) is 19.1 Å². The average Bonchev–Trinajstić information content (AvgIpc) is 3.07. The van der Waals surface area contributed by atoms with Crippen LogP contribution in [0.3, 0.4) is 0 Å². The molecule has 3 rings (SSSR count). The Morgan fingerprint density at radius 3 is 2.63 bits per heavy atom. The van der Waals surface area contributed by atoms with Gasteiger partial charge in [0.2, 0.25) is 0 Å². The molecule has 2 aromatic carbocycles. The van der Waals surface area contributed by atoms with Crippen molar-refractivity contribution in [2.75, 3.05) is 6.61 Å². The first-order valence-corrected chi connectivity index (χ1v) is 8.43. The maximum atomic E-state index is 13.1. The minimum atomic E-state index is -4.61. The quantitative estimate of drug-likeness (QED) is 0.653. The van der Waals surface area contributed by atoms with Crippen molar-refractivity contribution < 1.29 is 27.1 Å². The van der Waals surface area contributed by atoms with Crippen LogP contribution in [0.2, 0.25) is 0 Å². The Balaban J connectivity index is 1.86. The fourth-order valence-corrected chi connectivity index (χ4v) is 2.81. The summed E-state index contributed by atoms with van der Waals surface area (Å²) in [7, 11) is 0. The summed E-state index contributed by atoms with van der Waals surface area (Å²) in [6, 6.07) is 11.2. The van der Waals surface area contributed by atoms with E-state index in [0.29, 0.717) is 23.7 Å². The van der Waals surface area contributed by atoms with Crippen molar-refractivity contribution in [2.45, 2.75) is 26.1 Å². The van der Waals surface area contributed by atoms with Crippen molar-refractivity contribution in [3.05, 3.63) is 65.4 Å². The van der Waals surface area contributed by atoms with Crippen LogP contribution in [0.1, 0.15) is 41.6 Å². The third-order valence-corrected chi connectivity index (χ3v) is 4.08. The van der Waals surface area contributed by atoms with Gasteiger partial charge < -0.3 is 14.5 Å². The van der Waals surface area contributed by atoms with Gasteiger partial charge in [-0.2, -0.15) is 13.2 Å². The normalized spacial score (nSPS) is 12.8. The van der Waals surface area contributed by atoms with Crippen LogP contribution in [0.4, 0.5) is 13.2 Å². The molecule has 27 heavy (non-hydrogen) atoms. The lowest BCUT2D eigenvalue weighted by molar-refractivity contribution is -0.137. The molecule has 142 valence electrons. The van der Waals surface area contributed by atoms with Crippen molar-refractivity contribution in [2.24, 2.45) is 0 Å². The van der Waals surface area contributed by atoms with Gasteiger partial charge in [0.25, 0.3) is 5.91 Å². The summed E-state index contributed by atoms with van der Waals surface area (Å²) in [6.45, 7) is 3.96. The lowest BCUT2D eigenvalue weighted by Gasteiger charge is -2.15. The number of para-hydroxylation sites is 1. The second kappa shape index (κ2) is 7.34. The van der Waals surface area contributed by atoms with E-state index >= 15 is 0 Å². The van der Waals surface area contributed by atoms with Gasteiger partial charge in [-0.15, -0.1) is 0 Å². The Morgan fingerprint density at radius 1 is 1.19 bits per heavy atom. The number of furan rings is 1. The molecule has 0 saturated heterocycles. The average molecular weight is 377 g/mol. The first kappa shape index (κ1) is 18.8. The number of ether oxygens (including phenoxy) is 1. The lowest BCUT2D eigenvalue weighted by Crippen LogP contribution is -2.28. The number of carbonyl (C=O) groups excluding carboxylic acids is 1. The Kier molecular flexibility index (Phi) is 5.12. The number of fused-ring (bicyclic) bond motifs is 1. The molecule has 0 aliphatic heterocycles. The largest absolute Gasteiger partial charge is 0.490 e. The number of benzene rings is 2. The van der Waals surface area contributed by atoms with Crippen LogP contribution in [0.15, 0.2) is 52.9 Å². The monoisotopic (exact) mass is 377 g/mol. The van der Waals surface area contributed by atoms with Gasteiger partial charge in [0, 0.05) is 5.39 Å². The molecule has 1 N–H and O–H groups in total. The van der Waals surface area contributed by atoms with Crippen molar-refractivity contribution in [3.8, 4) is 5.75 Å². The fourth-order valence-electron chi connectivity index (χ4n) is 2.81. The molecule has 0 spiro atoms. The Bertz CT molecular complexity index is 963. The van der Waals surface area contributed by atoms with Crippen LogP contribution in [0.5, 0.6) is 5.75 Å². The van der Waals surface area contributed by atoms with Crippen LogP contribution >= 0.6 is 0 Å². The minimum absolute atomic E-state index is 0.426. The number of rotatable bonds is 5. The number of halogens is 3. The number of hydrogen-bond acceptors (Lipinski definition) is 3. The van der Waals surface area contributed by atoms with Crippen LogP contribution < -0.4 is 10.1 Å². The summed E-state index contributed by atoms with van der Waals surface area (Å²) in [5, 5.41) is 3.35. The molecular weight excluding hydrogens is 359 g/mol. The second-order valence-electron chi connectivity index (χ2n) is 5.99. The molecular formula is C20H18F3NO3. The van der Waals surface area contributed by atoms with E-state index < -0.39 is 29.3 Å². The zero-order chi connectivity index (χ0) is 19.6. The third-order valence-electron chi connectivity index (χ3n) is 4.08. The second-order valence-corrected chi connectivity index (χ2v) is 5.99. The molecule has 1 aromatic heterocycles. The molecule has 1 heterocycles. The smallest absolute Gasteiger partial charge is 0.417 e. The van der Waals surface area contributed by atoms with Crippen molar-refractivity contribution in [1.29, 1.82) is 0 Å². The maximum absolute atomic E-state index is 13.1. The van der Waals surface area contributed by atoms with Gasteiger partial charge >= 0.3 is 6.18 Å². The van der Waals surface area contributed by atoms with Crippen LogP contribution in [0, 0.1) is 0 Å². The molecule has 0 radical (unpaired) electrons. The number of alkyl halides is 3. The standard InChI is InChI=1S/C20H18F3NO3/c1-3-26-16-10-6-7-13-11-17(27-18(13)16)12(2)24-19(25)14-8-4-5-9-15(14)20(21,22)23/h4-12H,3H2,1-2H3,(H,24,25). The van der Waals surface area contributed by atoms with Gasteiger partial charge in [-0.25, -0.2) is 0 Å². The van der Waals surface area contributed by atoms with Gasteiger partial charge in [0.05, 0.1) is 23.8 Å². The highest BCUT2D eigenvalue weighted by molar-refractivity contribution is 5.96. The molecule has 1 unspecified atom stereocenters. The molecule has 0 fully saturated rings. The van der Waals surface area contributed by atoms with E-state index in [0.717, 1.165) is 17.5 Å². The Labute approximate surface area is 153 Å². The first-order valence-electron chi connectivity index (χ1n) is 8.43. The van der Waals surface area contributed by atoms with E-state index in [4.69, 9.17) is 9.15 Å². The minimum Gasteiger partial charge on any atom is -0.490 e. The van der Waals surface area contributed by atoms with Crippen LogP contribution in [-0.4, -0.2) is 12.5 Å². The van der Waals surface area contributed by atoms with Gasteiger partial charge in [-0.3, -0.25) is 4.79 Å². The number of hydrogen-bond donors (Lipinski definition) is 1. The van der Waals surface area contributed by atoms with E-state index in [2.05, 4.69) is 5.32 Å². The first-order chi connectivity index (χ1) is 12.8. The summed E-state index contributed by atoms with van der Waals surface area (Å²) in [5.41, 5.74) is -0.868. The van der Waals surface area contributed by atoms with Crippen molar-refractivity contribution in [3.63, 3.8) is 0 Å². The highest BCUT2D eigenvalue weighted by atomic mass is 19.4. The number of nitrogens with one attached hydrogen (secondary N) is 1. The zero-order valence-electron chi connectivity index (χ0n) is 14.8. The van der Waals surface area contributed by atoms with Gasteiger partial charge in [-0.1, -0.05) is 24.3 Å². The molecule has 0 aliphatic rings. The van der Waals surface area contributed by atoms with Crippen molar-refractivity contribution in [1.82, 2.24) is 5.32 Å². The van der Waals surface area contributed by atoms with E-state index in [1.54, 1.807) is 19.1 Å². The molecule has 7 heteroatoms. The maximum Gasteiger partial charge on any atom is 0.417 e. The lowest BCUT2D eigenvalue weighted by atomic mass is 10.1. The Morgan fingerprint density at radius 2 is 1.93 bits per heavy atom. The van der Waals surface area contributed by atoms with E-state index in [9.17, 15) is 18.0 Å². The van der Waals surface area contributed by atoms with E-state index in [1.165, 1.54) is 12.1 Å². The molecule has 1 atom stereocenters. The Hall–Kier alpha value is -2.96. The molecule has 0 saturated carbocycles. The molecule has 1 amide bonds. The SMILES string of the molecule is CCOc1cccc2cc(C(C)NC(=O)c3ccccc3C(F)(F)F)oc12. The molecule has 0 bridgehead atoms. The number of amides is 1. The summed E-state index contributed by atoms with van der Waals surface area (Å²) in [4.78, 5) is 12.4. The van der Waals surface area contributed by atoms with Gasteiger partial charge in [-0.05, 0) is 38.1 Å². The molecule has 4 nitrogen and oxygen atoms in total. The highest BCUT2D eigenvalue weighted by Gasteiger charge is 2.35. The van der Waals surface area contributed by atoms with Crippen LogP contribution in [0.25, 0.3) is 11.0 Å². The predicted octanol–water partition coefficient (Wildman–Crippen LogP) is 5.34. The topological polar surface area (TPSA) is 51.5 Å². The number of carbonyl (C=O) groups is 1. The third kappa shape index (κ3) is 3.92. The summed E-state index contributed by atoms with van der Waals surface area (Å²) in [5.74, 6) is 0.179. The zero-order valence-corrected chi connectivity index (χ0v) is 14.8. The molecule has 3 aromatic rings. The summed E-state index contributed by atoms with van der Waals surface area (Å²) >= 11 is 0. The molecule has 0 aliphatic carbocycles. The predicted molar refractivity (Wildman–Crippen MR) is 94.7 cm³/mol. The summed E-state index contributed by atoms with van der Waals surface area (Å²) < 4.78 is 50.6. The fraction of sp³-hybridized carbons (Fsp3) is 0.250. The summed E-state index contributed by atoms with van der Waals surface area (Å²) in [6.07, 6.45) is -4.61. The van der Waals surface area contributed by atoms with Crippen molar-refractivity contribution >= 4 is 16.9 Å².